The summed E-state index contributed by atoms with van der Waals surface area (Å²) in [7, 11) is 0. The molecule has 0 unspecified atom stereocenters. The summed E-state index contributed by atoms with van der Waals surface area (Å²) >= 11 is 4.89. The molecule has 0 atom stereocenters. The van der Waals surface area contributed by atoms with Crippen molar-refractivity contribution in [2.24, 2.45) is 0 Å². The third kappa shape index (κ3) is 3.91. The number of thiophene rings is 1. The number of halogens is 1. The van der Waals surface area contributed by atoms with Crippen molar-refractivity contribution >= 4 is 33.2 Å². The van der Waals surface area contributed by atoms with Crippen molar-refractivity contribution in [3.63, 3.8) is 0 Å². The van der Waals surface area contributed by atoms with Crippen LogP contribution >= 0.6 is 27.3 Å². The topological polar surface area (TPSA) is 20.3 Å². The maximum absolute atomic E-state index is 12.5. The molecule has 100 valence electrons. The summed E-state index contributed by atoms with van der Waals surface area (Å²) in [6, 6.07) is 13.9. The Labute approximate surface area is 126 Å². The molecule has 0 saturated carbocycles. The fourth-order valence-corrected chi connectivity index (χ4v) is 3.27. The van der Waals surface area contributed by atoms with Crippen LogP contribution in [0.1, 0.15) is 28.6 Å². The molecule has 19 heavy (non-hydrogen) atoms. The number of benzene rings is 1. The van der Waals surface area contributed by atoms with Crippen LogP contribution in [-0.2, 0) is 6.54 Å². The van der Waals surface area contributed by atoms with Crippen LogP contribution in [0.5, 0.6) is 0 Å². The first-order valence-electron chi connectivity index (χ1n) is 6.29. The van der Waals surface area contributed by atoms with E-state index in [1.165, 1.54) is 16.9 Å². The third-order valence-corrected chi connectivity index (χ3v) is 4.39. The molecule has 2 rings (SSSR count). The van der Waals surface area contributed by atoms with Crippen molar-refractivity contribution in [3.05, 3.63) is 56.7 Å². The minimum atomic E-state index is 0.112. The van der Waals surface area contributed by atoms with Gasteiger partial charge in [-0.3, -0.25) is 4.79 Å². The predicted octanol–water partition coefficient (Wildman–Crippen LogP) is 4.56. The van der Waals surface area contributed by atoms with E-state index in [1.54, 1.807) is 0 Å². The quantitative estimate of drug-likeness (QED) is 0.782. The van der Waals surface area contributed by atoms with E-state index in [9.17, 15) is 4.79 Å². The Hall–Kier alpha value is -1.13. The van der Waals surface area contributed by atoms with Crippen LogP contribution in [0, 0.1) is 0 Å². The highest BCUT2D eigenvalue weighted by molar-refractivity contribution is 9.11. The van der Waals surface area contributed by atoms with Gasteiger partial charge in [0.25, 0.3) is 5.91 Å². The standard InChI is InChI=1S/C15H16BrNOS/c1-2-10-17(11-12-6-4-3-5-7-12)15(18)13-8-9-14(16)19-13/h3-9H,2,10-11H2,1H3. The van der Waals surface area contributed by atoms with Crippen molar-refractivity contribution in [2.45, 2.75) is 19.9 Å². The third-order valence-electron chi connectivity index (χ3n) is 2.78. The van der Waals surface area contributed by atoms with Crippen LogP contribution < -0.4 is 0 Å². The molecule has 2 nitrogen and oxygen atoms in total. The Kier molecular flexibility index (Phi) is 5.16. The van der Waals surface area contributed by atoms with Gasteiger partial charge in [-0.05, 0) is 40.0 Å². The molecule has 2 aromatic rings. The second kappa shape index (κ2) is 6.87. The molecule has 1 amide bonds. The number of carbonyl (C=O) groups excluding carboxylic acids is 1. The average molecular weight is 338 g/mol. The van der Waals surface area contributed by atoms with Crippen LogP contribution in [-0.4, -0.2) is 17.4 Å². The molecule has 0 fully saturated rings. The van der Waals surface area contributed by atoms with Crippen LogP contribution in [0.3, 0.4) is 0 Å². The van der Waals surface area contributed by atoms with Gasteiger partial charge in [-0.15, -0.1) is 11.3 Å². The van der Waals surface area contributed by atoms with Crippen molar-refractivity contribution in [1.29, 1.82) is 0 Å². The molecule has 0 bridgehead atoms. The van der Waals surface area contributed by atoms with Gasteiger partial charge in [0.2, 0.25) is 0 Å². The lowest BCUT2D eigenvalue weighted by Gasteiger charge is -2.21. The molecule has 0 radical (unpaired) electrons. The SMILES string of the molecule is CCCN(Cc1ccccc1)C(=O)c1ccc(Br)s1. The second-order valence-corrected chi connectivity index (χ2v) is 6.78. The molecular formula is C15H16BrNOS. The van der Waals surface area contributed by atoms with E-state index in [1.807, 2.05) is 35.2 Å². The van der Waals surface area contributed by atoms with E-state index >= 15 is 0 Å². The predicted molar refractivity (Wildman–Crippen MR) is 83.5 cm³/mol. The maximum Gasteiger partial charge on any atom is 0.264 e. The van der Waals surface area contributed by atoms with Gasteiger partial charge >= 0.3 is 0 Å². The van der Waals surface area contributed by atoms with Crippen molar-refractivity contribution < 1.29 is 4.79 Å². The van der Waals surface area contributed by atoms with Gasteiger partial charge in [0, 0.05) is 13.1 Å². The Morgan fingerprint density at radius 1 is 1.21 bits per heavy atom. The van der Waals surface area contributed by atoms with Gasteiger partial charge < -0.3 is 4.90 Å². The monoisotopic (exact) mass is 337 g/mol. The van der Waals surface area contributed by atoms with Crippen LogP contribution in [0.2, 0.25) is 0 Å². The fourth-order valence-electron chi connectivity index (χ4n) is 1.91. The number of hydrogen-bond donors (Lipinski definition) is 0. The zero-order valence-electron chi connectivity index (χ0n) is 10.8. The molecule has 4 heteroatoms. The average Bonchev–Trinajstić information content (AvgIpc) is 2.85. The van der Waals surface area contributed by atoms with Crippen molar-refractivity contribution in [3.8, 4) is 0 Å². The Morgan fingerprint density at radius 2 is 1.95 bits per heavy atom. The Bertz CT molecular complexity index is 538. The number of hydrogen-bond acceptors (Lipinski definition) is 2. The summed E-state index contributed by atoms with van der Waals surface area (Å²) in [6.07, 6.45) is 0.963. The first kappa shape index (κ1) is 14.3. The first-order valence-corrected chi connectivity index (χ1v) is 7.90. The van der Waals surface area contributed by atoms with Crippen molar-refractivity contribution in [2.75, 3.05) is 6.54 Å². The second-order valence-electron chi connectivity index (χ2n) is 4.32. The smallest absolute Gasteiger partial charge is 0.264 e. The van der Waals surface area contributed by atoms with Gasteiger partial charge in [0.15, 0.2) is 0 Å². The number of nitrogens with zero attached hydrogens (tertiary/aromatic N) is 1. The normalized spacial score (nSPS) is 10.4. The lowest BCUT2D eigenvalue weighted by molar-refractivity contribution is 0.0748. The molecule has 0 spiro atoms. The summed E-state index contributed by atoms with van der Waals surface area (Å²) in [6.45, 7) is 3.54. The lowest BCUT2D eigenvalue weighted by Crippen LogP contribution is -2.30. The summed E-state index contributed by atoms with van der Waals surface area (Å²) in [5.41, 5.74) is 1.17. The van der Waals surface area contributed by atoms with E-state index in [2.05, 4.69) is 35.0 Å². The molecule has 0 saturated heterocycles. The Morgan fingerprint density at radius 3 is 2.53 bits per heavy atom. The lowest BCUT2D eigenvalue weighted by atomic mass is 10.2. The fraction of sp³-hybridized carbons (Fsp3) is 0.267. The van der Waals surface area contributed by atoms with Gasteiger partial charge in [0.1, 0.15) is 0 Å². The molecular weight excluding hydrogens is 322 g/mol. The van der Waals surface area contributed by atoms with Crippen molar-refractivity contribution in [1.82, 2.24) is 4.90 Å². The molecule has 0 aliphatic rings. The summed E-state index contributed by atoms with van der Waals surface area (Å²) < 4.78 is 0.993. The van der Waals surface area contributed by atoms with Crippen LogP contribution in [0.15, 0.2) is 46.3 Å². The van der Waals surface area contributed by atoms with Gasteiger partial charge in [0.05, 0.1) is 8.66 Å². The van der Waals surface area contributed by atoms with Gasteiger partial charge in [-0.25, -0.2) is 0 Å². The highest BCUT2D eigenvalue weighted by Gasteiger charge is 2.17. The minimum Gasteiger partial charge on any atom is -0.334 e. The zero-order valence-corrected chi connectivity index (χ0v) is 13.2. The Balaban J connectivity index is 2.13. The van der Waals surface area contributed by atoms with E-state index < -0.39 is 0 Å². The molecule has 0 N–H and O–H groups in total. The highest BCUT2D eigenvalue weighted by atomic mass is 79.9. The van der Waals surface area contributed by atoms with E-state index in [-0.39, 0.29) is 5.91 Å². The van der Waals surface area contributed by atoms with Gasteiger partial charge in [-0.2, -0.15) is 0 Å². The summed E-state index contributed by atoms with van der Waals surface area (Å²) in [5.74, 6) is 0.112. The highest BCUT2D eigenvalue weighted by Crippen LogP contribution is 2.24. The van der Waals surface area contributed by atoms with E-state index in [0.717, 1.165) is 21.6 Å². The number of amides is 1. The maximum atomic E-state index is 12.5. The molecule has 1 aromatic carbocycles. The van der Waals surface area contributed by atoms with Crippen LogP contribution in [0.4, 0.5) is 0 Å². The number of rotatable bonds is 5. The largest absolute Gasteiger partial charge is 0.334 e. The van der Waals surface area contributed by atoms with E-state index in [0.29, 0.717) is 6.54 Å². The first-order chi connectivity index (χ1) is 9.20. The molecule has 1 aromatic heterocycles. The van der Waals surface area contributed by atoms with E-state index in [4.69, 9.17) is 0 Å². The van der Waals surface area contributed by atoms with Crippen LogP contribution in [0.25, 0.3) is 0 Å². The summed E-state index contributed by atoms with van der Waals surface area (Å²) in [5, 5.41) is 0. The number of carbonyl (C=O) groups is 1. The zero-order chi connectivity index (χ0) is 13.7. The summed E-state index contributed by atoms with van der Waals surface area (Å²) in [4.78, 5) is 15.2. The molecule has 1 heterocycles. The van der Waals surface area contributed by atoms with Gasteiger partial charge in [-0.1, -0.05) is 37.3 Å². The minimum absolute atomic E-state index is 0.112. The molecule has 0 aliphatic carbocycles. The molecule has 0 aliphatic heterocycles.